The van der Waals surface area contributed by atoms with Gasteiger partial charge in [0.15, 0.2) is 11.6 Å². The predicted molar refractivity (Wildman–Crippen MR) is 75.7 cm³/mol. The number of carbonyl (C=O) groups is 3. The Labute approximate surface area is 131 Å². The molecule has 0 radical (unpaired) electrons. The molecular formula is C15H16F2N2O4. The number of carboxylic acid groups (broad SMARTS) is 1. The summed E-state index contributed by atoms with van der Waals surface area (Å²) in [6.07, 6.45) is 1.45. The summed E-state index contributed by atoms with van der Waals surface area (Å²) in [5, 5.41) is 11.3. The average molecular weight is 326 g/mol. The molecule has 1 atom stereocenters. The van der Waals surface area contributed by atoms with E-state index < -0.39 is 42.0 Å². The summed E-state index contributed by atoms with van der Waals surface area (Å²) in [7, 11) is 0. The third-order valence-corrected chi connectivity index (χ3v) is 3.58. The van der Waals surface area contributed by atoms with Gasteiger partial charge in [-0.25, -0.2) is 13.6 Å². The van der Waals surface area contributed by atoms with Gasteiger partial charge < -0.3 is 15.3 Å². The molecule has 6 nitrogen and oxygen atoms in total. The molecular weight excluding hydrogens is 310 g/mol. The number of hydrogen-bond acceptors (Lipinski definition) is 3. The quantitative estimate of drug-likeness (QED) is 0.821. The fraction of sp³-hybridized carbons (Fsp3) is 0.400. The number of aliphatic carboxylic acids is 1. The van der Waals surface area contributed by atoms with Gasteiger partial charge in [-0.1, -0.05) is 0 Å². The largest absolute Gasteiger partial charge is 0.480 e. The van der Waals surface area contributed by atoms with Gasteiger partial charge in [0.25, 0.3) is 5.91 Å². The van der Waals surface area contributed by atoms with Crippen molar-refractivity contribution in [3.8, 4) is 0 Å². The summed E-state index contributed by atoms with van der Waals surface area (Å²) < 4.78 is 25.9. The van der Waals surface area contributed by atoms with Crippen molar-refractivity contribution in [2.24, 2.45) is 0 Å². The van der Waals surface area contributed by atoms with E-state index in [1.807, 2.05) is 0 Å². The second-order valence-electron chi connectivity index (χ2n) is 5.36. The first-order chi connectivity index (χ1) is 10.8. The number of carbonyl (C=O) groups excluding carboxylic acids is 2. The highest BCUT2D eigenvalue weighted by molar-refractivity contribution is 5.97. The molecule has 1 aliphatic rings. The van der Waals surface area contributed by atoms with Gasteiger partial charge in [-0.2, -0.15) is 0 Å². The van der Waals surface area contributed by atoms with Crippen molar-refractivity contribution in [1.29, 1.82) is 0 Å². The minimum Gasteiger partial charge on any atom is -0.480 e. The Morgan fingerprint density at radius 2 is 1.96 bits per heavy atom. The number of nitrogens with one attached hydrogen (secondary N) is 1. The van der Waals surface area contributed by atoms with Crippen LogP contribution >= 0.6 is 0 Å². The highest BCUT2D eigenvalue weighted by Gasteiger charge is 2.38. The highest BCUT2D eigenvalue weighted by atomic mass is 19.2. The molecule has 1 aromatic rings. The molecule has 1 aliphatic carbocycles. The summed E-state index contributed by atoms with van der Waals surface area (Å²) in [4.78, 5) is 36.3. The van der Waals surface area contributed by atoms with Crippen molar-refractivity contribution < 1.29 is 28.3 Å². The van der Waals surface area contributed by atoms with Crippen LogP contribution in [0.5, 0.6) is 0 Å². The SMILES string of the molecule is CC(C(=O)O)N(C(=O)CNC(=O)c1ccc(F)c(F)c1)C1CC1. The number of benzene rings is 1. The molecule has 0 aromatic heterocycles. The molecule has 124 valence electrons. The van der Waals surface area contributed by atoms with Crippen LogP contribution in [0.4, 0.5) is 8.78 Å². The summed E-state index contributed by atoms with van der Waals surface area (Å²) in [6.45, 7) is 0.988. The molecule has 1 aromatic carbocycles. The van der Waals surface area contributed by atoms with Gasteiger partial charge >= 0.3 is 5.97 Å². The molecule has 2 N–H and O–H groups in total. The van der Waals surface area contributed by atoms with Gasteiger partial charge in [0.2, 0.25) is 5.91 Å². The Balaban J connectivity index is 1.98. The maximum Gasteiger partial charge on any atom is 0.326 e. The second-order valence-corrected chi connectivity index (χ2v) is 5.36. The summed E-state index contributed by atoms with van der Waals surface area (Å²) in [5.74, 6) is -4.64. The van der Waals surface area contributed by atoms with Crippen LogP contribution in [0.2, 0.25) is 0 Å². The van der Waals surface area contributed by atoms with Crippen molar-refractivity contribution in [2.75, 3.05) is 6.54 Å². The number of amides is 2. The van der Waals surface area contributed by atoms with E-state index in [0.29, 0.717) is 0 Å². The summed E-state index contributed by atoms with van der Waals surface area (Å²) >= 11 is 0. The molecule has 0 bridgehead atoms. The Bertz CT molecular complexity index is 646. The van der Waals surface area contributed by atoms with Gasteiger partial charge in [-0.15, -0.1) is 0 Å². The normalized spacial score (nSPS) is 14.9. The van der Waals surface area contributed by atoms with Gasteiger partial charge in [0.1, 0.15) is 6.04 Å². The maximum absolute atomic E-state index is 13.1. The van der Waals surface area contributed by atoms with Gasteiger partial charge in [-0.05, 0) is 38.0 Å². The lowest BCUT2D eigenvalue weighted by molar-refractivity contribution is -0.149. The zero-order valence-corrected chi connectivity index (χ0v) is 12.4. The first-order valence-electron chi connectivity index (χ1n) is 7.08. The van der Waals surface area contributed by atoms with Crippen molar-refractivity contribution in [2.45, 2.75) is 31.8 Å². The summed E-state index contributed by atoms with van der Waals surface area (Å²) in [6, 6.07) is 1.52. The van der Waals surface area contributed by atoms with E-state index in [4.69, 9.17) is 5.11 Å². The first-order valence-corrected chi connectivity index (χ1v) is 7.08. The van der Waals surface area contributed by atoms with E-state index in [1.165, 1.54) is 11.8 Å². The van der Waals surface area contributed by atoms with Crippen LogP contribution in [0.3, 0.4) is 0 Å². The van der Waals surface area contributed by atoms with Crippen LogP contribution in [0.1, 0.15) is 30.1 Å². The number of halogens is 2. The molecule has 1 unspecified atom stereocenters. The van der Waals surface area contributed by atoms with Crippen molar-refractivity contribution in [3.63, 3.8) is 0 Å². The lowest BCUT2D eigenvalue weighted by Crippen LogP contribution is -2.48. The zero-order valence-electron chi connectivity index (χ0n) is 12.4. The third kappa shape index (κ3) is 4.02. The van der Waals surface area contributed by atoms with E-state index in [1.54, 1.807) is 0 Å². The van der Waals surface area contributed by atoms with E-state index in [2.05, 4.69) is 5.32 Å². The number of rotatable bonds is 6. The Hall–Kier alpha value is -2.51. The highest BCUT2D eigenvalue weighted by Crippen LogP contribution is 2.28. The molecule has 8 heteroatoms. The first kappa shape index (κ1) is 16.9. The number of hydrogen-bond donors (Lipinski definition) is 2. The fourth-order valence-electron chi connectivity index (χ4n) is 2.19. The Morgan fingerprint density at radius 3 is 2.48 bits per heavy atom. The van der Waals surface area contributed by atoms with E-state index >= 15 is 0 Å². The molecule has 23 heavy (non-hydrogen) atoms. The van der Waals surface area contributed by atoms with Gasteiger partial charge in [0, 0.05) is 11.6 Å². The van der Waals surface area contributed by atoms with Crippen LogP contribution in [0.25, 0.3) is 0 Å². The molecule has 2 amide bonds. The van der Waals surface area contributed by atoms with E-state index in [-0.39, 0.29) is 11.6 Å². The zero-order chi connectivity index (χ0) is 17.1. The molecule has 1 fully saturated rings. The molecule has 0 saturated heterocycles. The maximum atomic E-state index is 13.1. The molecule has 0 heterocycles. The monoisotopic (exact) mass is 326 g/mol. The van der Waals surface area contributed by atoms with Crippen molar-refractivity contribution in [1.82, 2.24) is 10.2 Å². The molecule has 0 aliphatic heterocycles. The predicted octanol–water partition coefficient (Wildman–Crippen LogP) is 1.16. The standard InChI is InChI=1S/C15H16F2N2O4/c1-8(15(22)23)19(10-3-4-10)13(20)7-18-14(21)9-2-5-11(16)12(17)6-9/h2,5-6,8,10H,3-4,7H2,1H3,(H,18,21)(H,22,23). The average Bonchev–Trinajstić information content (AvgIpc) is 3.32. The van der Waals surface area contributed by atoms with Crippen molar-refractivity contribution in [3.05, 3.63) is 35.4 Å². The fourth-order valence-corrected chi connectivity index (χ4v) is 2.19. The minimum atomic E-state index is -1.16. The van der Waals surface area contributed by atoms with Crippen LogP contribution < -0.4 is 5.32 Å². The number of carboxylic acids is 1. The third-order valence-electron chi connectivity index (χ3n) is 3.58. The minimum absolute atomic E-state index is 0.124. The lowest BCUT2D eigenvalue weighted by Gasteiger charge is -2.26. The van der Waals surface area contributed by atoms with E-state index in [0.717, 1.165) is 31.0 Å². The van der Waals surface area contributed by atoms with Crippen LogP contribution in [0.15, 0.2) is 18.2 Å². The molecule has 2 rings (SSSR count). The molecule has 1 saturated carbocycles. The summed E-state index contributed by atoms with van der Waals surface area (Å²) in [5.41, 5.74) is -0.124. The smallest absolute Gasteiger partial charge is 0.326 e. The number of nitrogens with zero attached hydrogens (tertiary/aromatic N) is 1. The van der Waals surface area contributed by atoms with Crippen LogP contribution in [0, 0.1) is 11.6 Å². The van der Waals surface area contributed by atoms with Gasteiger partial charge in [0.05, 0.1) is 6.54 Å². The Morgan fingerprint density at radius 1 is 1.30 bits per heavy atom. The Kier molecular flexibility index (Phi) is 4.92. The molecule has 0 spiro atoms. The van der Waals surface area contributed by atoms with Crippen LogP contribution in [-0.2, 0) is 9.59 Å². The van der Waals surface area contributed by atoms with Crippen LogP contribution in [-0.4, -0.2) is 46.4 Å². The second kappa shape index (κ2) is 6.72. The topological polar surface area (TPSA) is 86.7 Å². The lowest BCUT2D eigenvalue weighted by atomic mass is 10.2. The van der Waals surface area contributed by atoms with Crippen molar-refractivity contribution >= 4 is 17.8 Å². The van der Waals surface area contributed by atoms with Gasteiger partial charge in [-0.3, -0.25) is 9.59 Å². The van der Waals surface area contributed by atoms with E-state index in [9.17, 15) is 23.2 Å².